The van der Waals surface area contributed by atoms with Crippen LogP contribution in [0, 0.1) is 0 Å². The zero-order valence-electron chi connectivity index (χ0n) is 19.8. The number of ether oxygens (including phenoxy) is 1. The fourth-order valence-corrected chi connectivity index (χ4v) is 4.59. The number of amides is 1. The van der Waals surface area contributed by atoms with Gasteiger partial charge in [0.2, 0.25) is 0 Å². The van der Waals surface area contributed by atoms with Crippen molar-refractivity contribution < 1.29 is 9.53 Å². The maximum Gasteiger partial charge on any atom is 0.410 e. The minimum Gasteiger partial charge on any atom is -0.444 e. The van der Waals surface area contributed by atoms with Crippen molar-refractivity contribution in [3.63, 3.8) is 0 Å². The molecule has 0 aromatic heterocycles. The van der Waals surface area contributed by atoms with E-state index in [1.54, 1.807) is 0 Å². The molecule has 3 aliphatic heterocycles. The van der Waals surface area contributed by atoms with Gasteiger partial charge in [0.05, 0.1) is 12.6 Å². The third-order valence-electron chi connectivity index (χ3n) is 6.29. The number of nitrogens with one attached hydrogen (secondary N) is 1. The second-order valence-electron chi connectivity index (χ2n) is 9.88. The fourth-order valence-electron chi connectivity index (χ4n) is 4.59. The van der Waals surface area contributed by atoms with Crippen LogP contribution in [0.15, 0.2) is 35.3 Å². The average molecular weight is 443 g/mol. The zero-order valence-corrected chi connectivity index (χ0v) is 19.8. The molecule has 2 fully saturated rings. The topological polar surface area (TPSA) is 63.7 Å². The van der Waals surface area contributed by atoms with Gasteiger partial charge in [-0.25, -0.2) is 4.79 Å². The van der Waals surface area contributed by atoms with E-state index in [-0.39, 0.29) is 12.1 Å². The number of nitrogens with zero attached hydrogens (tertiary/aromatic N) is 5. The smallest absolute Gasteiger partial charge is 0.410 e. The van der Waals surface area contributed by atoms with Crippen LogP contribution in [-0.4, -0.2) is 104 Å². The van der Waals surface area contributed by atoms with E-state index >= 15 is 0 Å². The lowest BCUT2D eigenvalue weighted by molar-refractivity contribution is 0.0137. The van der Waals surface area contributed by atoms with Gasteiger partial charge >= 0.3 is 6.09 Å². The Kier molecular flexibility index (Phi) is 7.08. The lowest BCUT2D eigenvalue weighted by atomic mass is 10.2. The number of hydrogen-bond donors (Lipinski definition) is 1. The summed E-state index contributed by atoms with van der Waals surface area (Å²) in [7, 11) is 0. The Labute approximate surface area is 192 Å². The first-order valence-electron chi connectivity index (χ1n) is 11.9. The number of carbonyl (C=O) groups excluding carboxylic acids is 1. The molecule has 1 amide bonds. The molecular weight excluding hydrogens is 404 g/mol. The zero-order chi connectivity index (χ0) is 22.6. The SMILES string of the molecule is CC(C)(C)OC(=O)N1CCN2C(NCCCN3CCN(c4ccccc4)CC3)=NCC2C1. The number of carbonyl (C=O) groups is 1. The number of para-hydroxylation sites is 1. The van der Waals surface area contributed by atoms with Crippen LogP contribution in [0.3, 0.4) is 0 Å². The van der Waals surface area contributed by atoms with Crippen molar-refractivity contribution in [3.8, 4) is 0 Å². The van der Waals surface area contributed by atoms with E-state index in [4.69, 9.17) is 9.73 Å². The Morgan fingerprint density at radius 2 is 1.84 bits per heavy atom. The molecule has 176 valence electrons. The second-order valence-corrected chi connectivity index (χ2v) is 9.88. The molecular formula is C24H38N6O2. The van der Waals surface area contributed by atoms with Crippen molar-refractivity contribution >= 4 is 17.7 Å². The fraction of sp³-hybridized carbons (Fsp3) is 0.667. The largest absolute Gasteiger partial charge is 0.444 e. The summed E-state index contributed by atoms with van der Waals surface area (Å²) in [6, 6.07) is 10.9. The molecule has 0 radical (unpaired) electrons. The number of aliphatic imine (C=N–C) groups is 1. The highest BCUT2D eigenvalue weighted by Crippen LogP contribution is 2.19. The summed E-state index contributed by atoms with van der Waals surface area (Å²) in [5.41, 5.74) is 0.871. The molecule has 0 aliphatic carbocycles. The number of fused-ring (bicyclic) bond motifs is 1. The first kappa shape index (κ1) is 22.7. The van der Waals surface area contributed by atoms with Crippen LogP contribution in [0.1, 0.15) is 27.2 Å². The molecule has 1 aromatic rings. The van der Waals surface area contributed by atoms with E-state index in [0.29, 0.717) is 13.1 Å². The third kappa shape index (κ3) is 5.85. The maximum atomic E-state index is 12.4. The molecule has 8 heteroatoms. The van der Waals surface area contributed by atoms with Gasteiger partial charge in [-0.05, 0) is 45.9 Å². The van der Waals surface area contributed by atoms with Crippen LogP contribution < -0.4 is 10.2 Å². The Balaban J connectivity index is 1.13. The van der Waals surface area contributed by atoms with Crippen molar-refractivity contribution in [1.29, 1.82) is 0 Å². The predicted molar refractivity (Wildman–Crippen MR) is 128 cm³/mol. The molecule has 8 nitrogen and oxygen atoms in total. The van der Waals surface area contributed by atoms with Crippen LogP contribution in [0.4, 0.5) is 10.5 Å². The Hall–Kier alpha value is -2.48. The number of hydrogen-bond acceptors (Lipinski definition) is 7. The van der Waals surface area contributed by atoms with Crippen LogP contribution in [0.25, 0.3) is 0 Å². The van der Waals surface area contributed by atoms with Gasteiger partial charge in [0.1, 0.15) is 5.60 Å². The molecule has 0 bridgehead atoms. The summed E-state index contributed by atoms with van der Waals surface area (Å²) in [6.45, 7) is 15.1. The number of rotatable bonds is 5. The summed E-state index contributed by atoms with van der Waals surface area (Å²) in [5, 5.41) is 3.54. The number of benzene rings is 1. The van der Waals surface area contributed by atoms with E-state index in [1.165, 1.54) is 5.69 Å². The van der Waals surface area contributed by atoms with E-state index in [1.807, 2.05) is 25.7 Å². The van der Waals surface area contributed by atoms with Gasteiger partial charge in [0, 0.05) is 58.0 Å². The molecule has 4 rings (SSSR count). The molecule has 1 atom stereocenters. The van der Waals surface area contributed by atoms with Crippen molar-refractivity contribution in [2.75, 3.05) is 70.3 Å². The molecule has 2 saturated heterocycles. The lowest BCUT2D eigenvalue weighted by Gasteiger charge is -2.39. The van der Waals surface area contributed by atoms with Gasteiger partial charge in [0.25, 0.3) is 0 Å². The van der Waals surface area contributed by atoms with Gasteiger partial charge in [-0.2, -0.15) is 0 Å². The highest BCUT2D eigenvalue weighted by Gasteiger charge is 2.36. The highest BCUT2D eigenvalue weighted by molar-refractivity contribution is 5.82. The Morgan fingerprint density at radius 3 is 2.56 bits per heavy atom. The van der Waals surface area contributed by atoms with Gasteiger partial charge in [-0.15, -0.1) is 0 Å². The second kappa shape index (κ2) is 9.98. The number of anilines is 1. The first-order valence-corrected chi connectivity index (χ1v) is 11.9. The van der Waals surface area contributed by atoms with Gasteiger partial charge in [-0.1, -0.05) is 18.2 Å². The lowest BCUT2D eigenvalue weighted by Crippen LogP contribution is -2.57. The first-order chi connectivity index (χ1) is 15.4. The van der Waals surface area contributed by atoms with Crippen LogP contribution >= 0.6 is 0 Å². The van der Waals surface area contributed by atoms with Gasteiger partial charge in [0.15, 0.2) is 5.96 Å². The molecule has 3 heterocycles. The molecule has 1 unspecified atom stereocenters. The highest BCUT2D eigenvalue weighted by atomic mass is 16.6. The molecule has 0 saturated carbocycles. The van der Waals surface area contributed by atoms with Crippen LogP contribution in [-0.2, 0) is 4.74 Å². The van der Waals surface area contributed by atoms with E-state index in [9.17, 15) is 4.79 Å². The molecule has 0 spiro atoms. The van der Waals surface area contributed by atoms with Crippen LogP contribution in [0.2, 0.25) is 0 Å². The number of piperazine rings is 2. The molecule has 3 aliphatic rings. The van der Waals surface area contributed by atoms with E-state index in [2.05, 4.69) is 50.3 Å². The maximum absolute atomic E-state index is 12.4. The van der Waals surface area contributed by atoms with Gasteiger partial charge < -0.3 is 24.8 Å². The van der Waals surface area contributed by atoms with Crippen molar-refractivity contribution in [3.05, 3.63) is 30.3 Å². The summed E-state index contributed by atoms with van der Waals surface area (Å²) < 4.78 is 5.53. The molecule has 1 N–H and O–H groups in total. The quantitative estimate of drug-likeness (QED) is 0.705. The Bertz CT molecular complexity index is 785. The summed E-state index contributed by atoms with van der Waals surface area (Å²) >= 11 is 0. The minimum absolute atomic E-state index is 0.217. The molecule has 1 aromatic carbocycles. The summed E-state index contributed by atoms with van der Waals surface area (Å²) in [5.74, 6) is 0.993. The van der Waals surface area contributed by atoms with Crippen LogP contribution in [0.5, 0.6) is 0 Å². The third-order valence-corrected chi connectivity index (χ3v) is 6.29. The van der Waals surface area contributed by atoms with E-state index in [0.717, 1.165) is 64.7 Å². The van der Waals surface area contributed by atoms with Crippen molar-refractivity contribution in [2.24, 2.45) is 4.99 Å². The number of guanidine groups is 1. The predicted octanol–water partition coefficient (Wildman–Crippen LogP) is 2.08. The summed E-state index contributed by atoms with van der Waals surface area (Å²) in [4.78, 5) is 26.2. The molecule has 32 heavy (non-hydrogen) atoms. The minimum atomic E-state index is -0.457. The average Bonchev–Trinajstić information content (AvgIpc) is 3.19. The van der Waals surface area contributed by atoms with Crippen molar-refractivity contribution in [1.82, 2.24) is 20.0 Å². The normalized spacial score (nSPS) is 21.9. The summed E-state index contributed by atoms with van der Waals surface area (Å²) in [6.07, 6.45) is 0.887. The standard InChI is InChI=1S/C24H38N6O2/c1-24(2,3)32-23(31)29-16-17-30-21(19-29)18-26-22(30)25-10-7-11-27-12-14-28(15-13-27)20-8-5-4-6-9-20/h4-6,8-9,21H,7,10-19H2,1-3H3,(H,25,26). The van der Waals surface area contributed by atoms with E-state index < -0.39 is 5.60 Å². The Morgan fingerprint density at radius 1 is 1.09 bits per heavy atom. The monoisotopic (exact) mass is 442 g/mol. The van der Waals surface area contributed by atoms with Gasteiger partial charge in [-0.3, -0.25) is 9.89 Å². The van der Waals surface area contributed by atoms with Crippen molar-refractivity contribution in [2.45, 2.75) is 38.8 Å².